The van der Waals surface area contributed by atoms with Crippen molar-refractivity contribution in [2.24, 2.45) is 0 Å². The minimum atomic E-state index is -0.247. The standard InChI is InChI=1S/C20H21NO3/c1-14-6-5-7-15(10-14)11-19(22)21-13-16(12-20(23)24-2)17-8-3-4-9-18(17)21/h3-10,16H,11-13H2,1-2H3. The van der Waals surface area contributed by atoms with Crippen molar-refractivity contribution in [3.63, 3.8) is 0 Å². The van der Waals surface area contributed by atoms with Gasteiger partial charge in [0.25, 0.3) is 0 Å². The Balaban J connectivity index is 1.81. The van der Waals surface area contributed by atoms with Gasteiger partial charge in [-0.1, -0.05) is 48.0 Å². The third-order valence-corrected chi connectivity index (χ3v) is 4.45. The molecule has 2 aromatic carbocycles. The van der Waals surface area contributed by atoms with Crippen LogP contribution in [-0.4, -0.2) is 25.5 Å². The molecule has 1 unspecified atom stereocenters. The molecule has 0 bridgehead atoms. The number of aryl methyl sites for hydroxylation is 1. The Labute approximate surface area is 142 Å². The number of rotatable bonds is 4. The zero-order valence-electron chi connectivity index (χ0n) is 14.0. The summed E-state index contributed by atoms with van der Waals surface area (Å²) in [5.41, 5.74) is 4.10. The molecule has 24 heavy (non-hydrogen) atoms. The molecule has 0 saturated carbocycles. The molecule has 4 heteroatoms. The molecule has 1 heterocycles. The number of nitrogens with zero attached hydrogens (tertiary/aromatic N) is 1. The lowest BCUT2D eigenvalue weighted by Gasteiger charge is -2.18. The van der Waals surface area contributed by atoms with Crippen LogP contribution in [0.1, 0.15) is 29.0 Å². The van der Waals surface area contributed by atoms with Gasteiger partial charge in [-0.2, -0.15) is 0 Å². The maximum Gasteiger partial charge on any atom is 0.306 e. The van der Waals surface area contributed by atoms with Gasteiger partial charge >= 0.3 is 5.97 Å². The molecule has 0 spiro atoms. The van der Waals surface area contributed by atoms with E-state index in [1.54, 1.807) is 4.90 Å². The van der Waals surface area contributed by atoms with E-state index >= 15 is 0 Å². The number of esters is 1. The largest absolute Gasteiger partial charge is 0.469 e. The number of carbonyl (C=O) groups excluding carboxylic acids is 2. The third-order valence-electron chi connectivity index (χ3n) is 4.45. The van der Waals surface area contributed by atoms with Crippen molar-refractivity contribution in [2.75, 3.05) is 18.6 Å². The van der Waals surface area contributed by atoms with Gasteiger partial charge in [0, 0.05) is 18.2 Å². The van der Waals surface area contributed by atoms with Gasteiger partial charge in [-0.05, 0) is 24.1 Å². The highest BCUT2D eigenvalue weighted by molar-refractivity contribution is 5.97. The number of benzene rings is 2. The van der Waals surface area contributed by atoms with Crippen molar-refractivity contribution in [2.45, 2.75) is 25.7 Å². The lowest BCUT2D eigenvalue weighted by atomic mass is 9.98. The number of para-hydroxylation sites is 1. The smallest absolute Gasteiger partial charge is 0.306 e. The van der Waals surface area contributed by atoms with Crippen molar-refractivity contribution in [1.29, 1.82) is 0 Å². The summed E-state index contributed by atoms with van der Waals surface area (Å²) in [6, 6.07) is 15.8. The zero-order chi connectivity index (χ0) is 17.1. The highest BCUT2D eigenvalue weighted by Crippen LogP contribution is 2.38. The van der Waals surface area contributed by atoms with Crippen molar-refractivity contribution >= 4 is 17.6 Å². The van der Waals surface area contributed by atoms with Crippen LogP contribution in [0.4, 0.5) is 5.69 Å². The second-order valence-electron chi connectivity index (χ2n) is 6.21. The second-order valence-corrected chi connectivity index (χ2v) is 6.21. The Kier molecular flexibility index (Phi) is 4.65. The predicted octanol–water partition coefficient (Wildman–Crippen LogP) is 3.23. The fraction of sp³-hybridized carbons (Fsp3) is 0.300. The fourth-order valence-corrected chi connectivity index (χ4v) is 3.28. The van der Waals surface area contributed by atoms with E-state index in [0.29, 0.717) is 19.4 Å². The van der Waals surface area contributed by atoms with Crippen LogP contribution in [0.15, 0.2) is 48.5 Å². The molecule has 0 saturated heterocycles. The van der Waals surface area contributed by atoms with Gasteiger partial charge in [-0.3, -0.25) is 9.59 Å². The molecule has 0 radical (unpaired) electrons. The number of carbonyl (C=O) groups is 2. The van der Waals surface area contributed by atoms with Crippen molar-refractivity contribution in [3.8, 4) is 0 Å². The maximum absolute atomic E-state index is 12.8. The normalized spacial score (nSPS) is 15.9. The van der Waals surface area contributed by atoms with E-state index in [0.717, 1.165) is 22.4 Å². The Morgan fingerprint density at radius 3 is 2.71 bits per heavy atom. The van der Waals surface area contributed by atoms with E-state index < -0.39 is 0 Å². The molecule has 1 aliphatic heterocycles. The molecule has 0 N–H and O–H groups in total. The van der Waals surface area contributed by atoms with E-state index in [2.05, 4.69) is 0 Å². The summed E-state index contributed by atoms with van der Waals surface area (Å²) in [6.45, 7) is 2.55. The van der Waals surface area contributed by atoms with Gasteiger partial charge in [0.2, 0.25) is 5.91 Å². The van der Waals surface area contributed by atoms with Crippen LogP contribution in [0.5, 0.6) is 0 Å². The molecule has 0 aromatic heterocycles. The summed E-state index contributed by atoms with van der Waals surface area (Å²) in [5, 5.41) is 0. The average Bonchev–Trinajstić information content (AvgIpc) is 2.94. The number of methoxy groups -OCH3 is 1. The van der Waals surface area contributed by atoms with Crippen LogP contribution in [-0.2, 0) is 20.7 Å². The fourth-order valence-electron chi connectivity index (χ4n) is 3.28. The number of hydrogen-bond acceptors (Lipinski definition) is 3. The molecular formula is C20H21NO3. The van der Waals surface area contributed by atoms with Crippen molar-refractivity contribution < 1.29 is 14.3 Å². The van der Waals surface area contributed by atoms with Gasteiger partial charge in [0.05, 0.1) is 20.0 Å². The Bertz CT molecular complexity index is 769. The number of hydrogen-bond donors (Lipinski definition) is 0. The monoisotopic (exact) mass is 323 g/mol. The molecule has 4 nitrogen and oxygen atoms in total. The molecule has 2 aromatic rings. The average molecular weight is 323 g/mol. The first-order chi connectivity index (χ1) is 11.6. The third kappa shape index (κ3) is 3.32. The van der Waals surface area contributed by atoms with Gasteiger partial charge in [0.15, 0.2) is 0 Å². The topological polar surface area (TPSA) is 46.6 Å². The van der Waals surface area contributed by atoms with Crippen molar-refractivity contribution in [3.05, 3.63) is 65.2 Å². The highest BCUT2D eigenvalue weighted by Gasteiger charge is 2.33. The molecule has 1 atom stereocenters. The van der Waals surface area contributed by atoms with E-state index in [-0.39, 0.29) is 17.8 Å². The molecule has 1 amide bonds. The summed E-state index contributed by atoms with van der Waals surface area (Å²) in [6.07, 6.45) is 0.655. The molecule has 3 rings (SSSR count). The number of anilines is 1. The lowest BCUT2D eigenvalue weighted by molar-refractivity contribution is -0.141. The van der Waals surface area contributed by atoms with Gasteiger partial charge in [0.1, 0.15) is 0 Å². The van der Waals surface area contributed by atoms with Crippen LogP contribution >= 0.6 is 0 Å². The number of amides is 1. The second kappa shape index (κ2) is 6.87. The quantitative estimate of drug-likeness (QED) is 0.812. The van der Waals surface area contributed by atoms with Gasteiger partial charge in [-0.15, -0.1) is 0 Å². The minimum absolute atomic E-state index is 0.00453. The highest BCUT2D eigenvalue weighted by atomic mass is 16.5. The Morgan fingerprint density at radius 1 is 1.17 bits per heavy atom. The zero-order valence-corrected chi connectivity index (χ0v) is 14.0. The van der Waals surface area contributed by atoms with E-state index in [9.17, 15) is 9.59 Å². The lowest BCUT2D eigenvalue weighted by Crippen LogP contribution is -2.31. The summed E-state index contributed by atoms with van der Waals surface area (Å²) < 4.78 is 4.79. The molecule has 0 fully saturated rings. The number of ether oxygens (including phenoxy) is 1. The summed E-state index contributed by atoms with van der Waals surface area (Å²) in [7, 11) is 1.39. The van der Waals surface area contributed by atoms with E-state index in [1.807, 2.05) is 55.5 Å². The first kappa shape index (κ1) is 16.2. The predicted molar refractivity (Wildman–Crippen MR) is 93.1 cm³/mol. The van der Waals surface area contributed by atoms with Gasteiger partial charge < -0.3 is 9.64 Å². The summed E-state index contributed by atoms with van der Waals surface area (Å²) in [5.74, 6) is -0.196. The summed E-state index contributed by atoms with van der Waals surface area (Å²) >= 11 is 0. The van der Waals surface area contributed by atoms with Crippen LogP contribution in [0.2, 0.25) is 0 Å². The maximum atomic E-state index is 12.8. The van der Waals surface area contributed by atoms with Crippen LogP contribution < -0.4 is 4.90 Å². The van der Waals surface area contributed by atoms with Crippen molar-refractivity contribution in [1.82, 2.24) is 0 Å². The molecular weight excluding hydrogens is 302 g/mol. The SMILES string of the molecule is COC(=O)CC1CN(C(=O)Cc2cccc(C)c2)c2ccccc21. The number of fused-ring (bicyclic) bond motifs is 1. The van der Waals surface area contributed by atoms with Crippen LogP contribution in [0.3, 0.4) is 0 Å². The van der Waals surface area contributed by atoms with Crippen LogP contribution in [0, 0.1) is 6.92 Å². The Hall–Kier alpha value is -2.62. The van der Waals surface area contributed by atoms with Crippen LogP contribution in [0.25, 0.3) is 0 Å². The molecule has 1 aliphatic rings. The molecule has 0 aliphatic carbocycles. The van der Waals surface area contributed by atoms with E-state index in [4.69, 9.17) is 4.74 Å². The molecule has 124 valence electrons. The Morgan fingerprint density at radius 2 is 1.96 bits per heavy atom. The minimum Gasteiger partial charge on any atom is -0.469 e. The van der Waals surface area contributed by atoms with Gasteiger partial charge in [-0.25, -0.2) is 0 Å². The first-order valence-corrected chi connectivity index (χ1v) is 8.10. The van der Waals surface area contributed by atoms with E-state index in [1.165, 1.54) is 7.11 Å². The summed E-state index contributed by atoms with van der Waals surface area (Å²) in [4.78, 5) is 26.3. The first-order valence-electron chi connectivity index (χ1n) is 8.10.